The van der Waals surface area contributed by atoms with Crippen molar-refractivity contribution < 1.29 is 16.8 Å². The molecule has 0 aliphatic carbocycles. The average molecular weight is 396 g/mol. The van der Waals surface area contributed by atoms with Gasteiger partial charge in [0.05, 0.1) is 12.0 Å². The number of rotatable bonds is 7. The predicted octanol–water partition coefficient (Wildman–Crippen LogP) is 0.337. The van der Waals surface area contributed by atoms with Crippen molar-refractivity contribution in [3.05, 3.63) is 34.9 Å². The van der Waals surface area contributed by atoms with Gasteiger partial charge < -0.3 is 0 Å². The van der Waals surface area contributed by atoms with E-state index in [4.69, 9.17) is 11.6 Å². The molecule has 1 N–H and O–H groups in total. The van der Waals surface area contributed by atoms with Crippen LogP contribution in [0.1, 0.15) is 5.56 Å². The zero-order chi connectivity index (χ0) is 17.8. The summed E-state index contributed by atoms with van der Waals surface area (Å²) in [6.45, 7) is 2.94. The lowest BCUT2D eigenvalue weighted by Gasteiger charge is -2.33. The molecular weight excluding hydrogens is 374 g/mol. The fraction of sp³-hybridized carbons (Fsp3) is 0.571. The van der Waals surface area contributed by atoms with E-state index in [0.29, 0.717) is 49.9 Å². The van der Waals surface area contributed by atoms with Gasteiger partial charge >= 0.3 is 0 Å². The highest BCUT2D eigenvalue weighted by molar-refractivity contribution is 7.88. The van der Waals surface area contributed by atoms with Gasteiger partial charge in [-0.3, -0.25) is 4.90 Å². The molecule has 7 nitrogen and oxygen atoms in total. The van der Waals surface area contributed by atoms with Crippen LogP contribution in [0.15, 0.2) is 24.3 Å². The van der Waals surface area contributed by atoms with E-state index in [-0.39, 0.29) is 5.75 Å². The van der Waals surface area contributed by atoms with Crippen LogP contribution < -0.4 is 4.72 Å². The summed E-state index contributed by atoms with van der Waals surface area (Å²) in [6.07, 6.45) is 1.20. The van der Waals surface area contributed by atoms with Crippen molar-refractivity contribution in [1.29, 1.82) is 0 Å². The normalized spacial score (nSPS) is 17.9. The van der Waals surface area contributed by atoms with E-state index < -0.39 is 20.0 Å². The number of hydrogen-bond donors (Lipinski definition) is 1. The van der Waals surface area contributed by atoms with Crippen molar-refractivity contribution in [2.45, 2.75) is 5.75 Å². The highest BCUT2D eigenvalue weighted by Gasteiger charge is 2.23. The standard InChI is InChI=1S/C14H22ClN3O4S2/c1-23(19,20)18-10-8-17(9-11-18)7-6-16-24(21,22)12-13-2-4-14(15)5-3-13/h2-5,16H,6-12H2,1H3. The Labute approximate surface area is 148 Å². The van der Waals surface area contributed by atoms with Crippen LogP contribution in [0.25, 0.3) is 0 Å². The maximum Gasteiger partial charge on any atom is 0.215 e. The minimum atomic E-state index is -3.41. The van der Waals surface area contributed by atoms with Crippen LogP contribution >= 0.6 is 11.6 Å². The van der Waals surface area contributed by atoms with Gasteiger partial charge in [-0.15, -0.1) is 0 Å². The van der Waals surface area contributed by atoms with Gasteiger partial charge in [0.1, 0.15) is 0 Å². The lowest BCUT2D eigenvalue weighted by molar-refractivity contribution is 0.192. The Morgan fingerprint density at radius 1 is 1.04 bits per heavy atom. The predicted molar refractivity (Wildman–Crippen MR) is 94.9 cm³/mol. The first-order valence-corrected chi connectivity index (χ1v) is 11.4. The Balaban J connectivity index is 1.74. The van der Waals surface area contributed by atoms with Gasteiger partial charge in [0.15, 0.2) is 0 Å². The Morgan fingerprint density at radius 2 is 1.62 bits per heavy atom. The molecule has 0 saturated carbocycles. The maximum absolute atomic E-state index is 12.1. The smallest absolute Gasteiger partial charge is 0.215 e. The fourth-order valence-electron chi connectivity index (χ4n) is 2.50. The third-order valence-electron chi connectivity index (χ3n) is 3.82. The summed E-state index contributed by atoms with van der Waals surface area (Å²) < 4.78 is 51.0. The molecule has 0 amide bonds. The summed E-state index contributed by atoms with van der Waals surface area (Å²) in [5, 5.41) is 0.567. The van der Waals surface area contributed by atoms with Crippen LogP contribution in [0.4, 0.5) is 0 Å². The summed E-state index contributed by atoms with van der Waals surface area (Å²) >= 11 is 5.78. The Morgan fingerprint density at radius 3 is 2.17 bits per heavy atom. The van der Waals surface area contributed by atoms with E-state index in [1.165, 1.54) is 10.6 Å². The van der Waals surface area contributed by atoms with E-state index in [2.05, 4.69) is 4.72 Å². The van der Waals surface area contributed by atoms with E-state index >= 15 is 0 Å². The largest absolute Gasteiger partial charge is 0.299 e. The summed E-state index contributed by atoms with van der Waals surface area (Å²) in [5.74, 6) is -0.0912. The molecule has 136 valence electrons. The summed E-state index contributed by atoms with van der Waals surface area (Å²) in [6, 6.07) is 6.69. The molecule has 1 aromatic rings. The second-order valence-corrected chi connectivity index (χ2v) is 10.0. The van der Waals surface area contributed by atoms with Crippen molar-refractivity contribution in [3.8, 4) is 0 Å². The summed E-state index contributed by atoms with van der Waals surface area (Å²) in [5.41, 5.74) is 0.675. The van der Waals surface area contributed by atoms with Gasteiger partial charge in [0, 0.05) is 44.3 Å². The van der Waals surface area contributed by atoms with Crippen molar-refractivity contribution in [3.63, 3.8) is 0 Å². The topological polar surface area (TPSA) is 86.8 Å². The van der Waals surface area contributed by atoms with E-state index in [9.17, 15) is 16.8 Å². The quantitative estimate of drug-likeness (QED) is 0.719. The van der Waals surface area contributed by atoms with Crippen LogP contribution in [0.3, 0.4) is 0 Å². The summed E-state index contributed by atoms with van der Waals surface area (Å²) in [4.78, 5) is 2.05. The first-order valence-electron chi connectivity index (χ1n) is 7.55. The Hall–Kier alpha value is -0.710. The molecule has 0 bridgehead atoms. The molecule has 1 aliphatic heterocycles. The Kier molecular flexibility index (Phi) is 6.63. The Bertz CT molecular complexity index is 743. The maximum atomic E-state index is 12.1. The SMILES string of the molecule is CS(=O)(=O)N1CCN(CCNS(=O)(=O)Cc2ccc(Cl)cc2)CC1. The van der Waals surface area contributed by atoms with Gasteiger partial charge in [-0.25, -0.2) is 21.6 Å². The number of sulfonamides is 2. The number of halogens is 1. The third kappa shape index (κ3) is 6.30. The molecule has 24 heavy (non-hydrogen) atoms. The average Bonchev–Trinajstić information content (AvgIpc) is 2.49. The molecule has 0 atom stereocenters. The molecule has 0 spiro atoms. The van der Waals surface area contributed by atoms with Crippen LogP contribution in [-0.2, 0) is 25.8 Å². The van der Waals surface area contributed by atoms with Crippen molar-refractivity contribution in [2.24, 2.45) is 0 Å². The number of nitrogens with one attached hydrogen (secondary N) is 1. The molecule has 0 radical (unpaired) electrons. The molecule has 10 heteroatoms. The first-order chi connectivity index (χ1) is 11.2. The highest BCUT2D eigenvalue weighted by atomic mass is 35.5. The molecule has 1 saturated heterocycles. The van der Waals surface area contributed by atoms with Crippen molar-refractivity contribution in [2.75, 3.05) is 45.5 Å². The number of hydrogen-bond acceptors (Lipinski definition) is 5. The number of benzene rings is 1. The lowest BCUT2D eigenvalue weighted by Crippen LogP contribution is -2.49. The molecule has 1 fully saturated rings. The monoisotopic (exact) mass is 395 g/mol. The van der Waals surface area contributed by atoms with Gasteiger partial charge in [0.2, 0.25) is 20.0 Å². The fourth-order valence-corrected chi connectivity index (χ4v) is 4.58. The zero-order valence-electron chi connectivity index (χ0n) is 13.5. The van der Waals surface area contributed by atoms with E-state index in [0.717, 1.165) is 0 Å². The molecule has 1 heterocycles. The van der Waals surface area contributed by atoms with Crippen LogP contribution in [0, 0.1) is 0 Å². The van der Waals surface area contributed by atoms with Gasteiger partial charge in [-0.2, -0.15) is 4.31 Å². The van der Waals surface area contributed by atoms with Crippen molar-refractivity contribution in [1.82, 2.24) is 13.9 Å². The van der Waals surface area contributed by atoms with Crippen LogP contribution in [-0.4, -0.2) is 71.6 Å². The summed E-state index contributed by atoms with van der Waals surface area (Å²) in [7, 11) is -6.55. The van der Waals surface area contributed by atoms with Crippen molar-refractivity contribution >= 4 is 31.6 Å². The van der Waals surface area contributed by atoms with Crippen LogP contribution in [0.2, 0.25) is 5.02 Å². The van der Waals surface area contributed by atoms with E-state index in [1.54, 1.807) is 24.3 Å². The van der Waals surface area contributed by atoms with E-state index in [1.807, 2.05) is 4.90 Å². The number of piperazine rings is 1. The molecule has 0 aromatic heterocycles. The van der Waals surface area contributed by atoms with Gasteiger partial charge in [-0.05, 0) is 17.7 Å². The molecular formula is C14H22ClN3O4S2. The second kappa shape index (κ2) is 8.11. The zero-order valence-corrected chi connectivity index (χ0v) is 15.9. The molecule has 0 unspecified atom stereocenters. The molecule has 2 rings (SSSR count). The highest BCUT2D eigenvalue weighted by Crippen LogP contribution is 2.11. The minimum Gasteiger partial charge on any atom is -0.299 e. The number of nitrogens with zero attached hydrogens (tertiary/aromatic N) is 2. The molecule has 1 aliphatic rings. The molecule has 1 aromatic carbocycles. The minimum absolute atomic E-state index is 0.0912. The first kappa shape index (κ1) is 19.6. The van der Waals surface area contributed by atoms with Gasteiger partial charge in [-0.1, -0.05) is 23.7 Å². The lowest BCUT2D eigenvalue weighted by atomic mass is 10.2. The van der Waals surface area contributed by atoms with Gasteiger partial charge in [0.25, 0.3) is 0 Å². The second-order valence-electron chi connectivity index (χ2n) is 5.78. The third-order valence-corrected chi connectivity index (χ3v) is 6.73. The van der Waals surface area contributed by atoms with Crippen LogP contribution in [0.5, 0.6) is 0 Å².